The van der Waals surface area contributed by atoms with Gasteiger partial charge in [-0.2, -0.15) is 0 Å². The molecule has 1 aliphatic rings. The predicted octanol–water partition coefficient (Wildman–Crippen LogP) is 3.13. The molecular formula is C24H32N2O6. The molecular weight excluding hydrogens is 412 g/mol. The number of carbonyl (C=O) groups is 1. The maximum atomic E-state index is 13.0. The normalized spacial score (nSPS) is 17.2. The van der Waals surface area contributed by atoms with Crippen LogP contribution in [0.25, 0.3) is 0 Å². The van der Waals surface area contributed by atoms with Crippen molar-refractivity contribution in [1.29, 1.82) is 0 Å². The number of nitrogens with one attached hydrogen (secondary N) is 2. The van der Waals surface area contributed by atoms with Gasteiger partial charge in [0.1, 0.15) is 0 Å². The van der Waals surface area contributed by atoms with Gasteiger partial charge in [0.05, 0.1) is 41.6 Å². The molecule has 0 aliphatic carbocycles. The number of benzene rings is 2. The van der Waals surface area contributed by atoms with E-state index >= 15 is 0 Å². The van der Waals surface area contributed by atoms with Crippen LogP contribution in [0, 0.1) is 0 Å². The van der Waals surface area contributed by atoms with Gasteiger partial charge in [0, 0.05) is 18.2 Å². The van der Waals surface area contributed by atoms with Crippen LogP contribution >= 0.6 is 0 Å². The lowest BCUT2D eigenvalue weighted by Crippen LogP contribution is -2.44. The van der Waals surface area contributed by atoms with Gasteiger partial charge in [-0.3, -0.25) is 4.79 Å². The van der Waals surface area contributed by atoms with Crippen LogP contribution in [0.5, 0.6) is 28.7 Å². The first-order valence-corrected chi connectivity index (χ1v) is 10.6. The zero-order chi connectivity index (χ0) is 23.3. The summed E-state index contributed by atoms with van der Waals surface area (Å²) < 4.78 is 27.0. The molecule has 2 aromatic rings. The molecule has 3 rings (SSSR count). The summed E-state index contributed by atoms with van der Waals surface area (Å²) >= 11 is 0. The Bertz CT molecular complexity index is 937. The van der Waals surface area contributed by atoms with Gasteiger partial charge in [0.2, 0.25) is 5.75 Å². The van der Waals surface area contributed by atoms with Gasteiger partial charge >= 0.3 is 0 Å². The Kier molecular flexibility index (Phi) is 7.69. The predicted molar refractivity (Wildman–Crippen MR) is 122 cm³/mol. The van der Waals surface area contributed by atoms with Crippen LogP contribution < -0.4 is 34.3 Å². The van der Waals surface area contributed by atoms with Crippen molar-refractivity contribution >= 4 is 5.91 Å². The van der Waals surface area contributed by atoms with Crippen molar-refractivity contribution in [2.75, 3.05) is 42.1 Å². The molecule has 0 spiro atoms. The molecule has 174 valence electrons. The highest BCUT2D eigenvalue weighted by molar-refractivity contribution is 5.95. The Morgan fingerprint density at radius 3 is 2.03 bits per heavy atom. The van der Waals surface area contributed by atoms with Crippen LogP contribution in [0.15, 0.2) is 24.3 Å². The van der Waals surface area contributed by atoms with Crippen LogP contribution in [0.3, 0.4) is 0 Å². The molecule has 0 fully saturated rings. The van der Waals surface area contributed by atoms with Crippen molar-refractivity contribution in [3.8, 4) is 28.7 Å². The van der Waals surface area contributed by atoms with Crippen molar-refractivity contribution in [3.05, 3.63) is 41.0 Å². The summed E-state index contributed by atoms with van der Waals surface area (Å²) in [6.07, 6.45) is 1.87. The molecule has 2 N–H and O–H groups in total. The lowest BCUT2D eigenvalue weighted by molar-refractivity contribution is 0.0947. The SMILES string of the molecule is CCC1Cc2cc(OC)c(OC)cc2C(CNC(=O)c2cc(OC)c(OC)c(OC)c2)N1. The second kappa shape index (κ2) is 10.5. The summed E-state index contributed by atoms with van der Waals surface area (Å²) in [7, 11) is 7.83. The molecule has 0 saturated heterocycles. The highest BCUT2D eigenvalue weighted by Crippen LogP contribution is 2.39. The molecule has 8 nitrogen and oxygen atoms in total. The molecule has 2 atom stereocenters. The monoisotopic (exact) mass is 444 g/mol. The van der Waals surface area contributed by atoms with Crippen LogP contribution in [-0.4, -0.2) is 54.0 Å². The zero-order valence-corrected chi connectivity index (χ0v) is 19.5. The average molecular weight is 445 g/mol. The number of amides is 1. The van der Waals surface area contributed by atoms with Crippen molar-refractivity contribution in [1.82, 2.24) is 10.6 Å². The number of ether oxygens (including phenoxy) is 5. The first-order chi connectivity index (χ1) is 15.5. The fraction of sp³-hybridized carbons (Fsp3) is 0.458. The lowest BCUT2D eigenvalue weighted by atomic mass is 9.88. The number of rotatable bonds is 9. The van der Waals surface area contributed by atoms with Crippen molar-refractivity contribution in [3.63, 3.8) is 0 Å². The number of methoxy groups -OCH3 is 5. The van der Waals surface area contributed by atoms with Gasteiger partial charge in [-0.1, -0.05) is 6.92 Å². The topological polar surface area (TPSA) is 87.3 Å². The number of carbonyl (C=O) groups excluding carboxylic acids is 1. The summed E-state index contributed by atoms with van der Waals surface area (Å²) in [5.41, 5.74) is 2.72. The van der Waals surface area contributed by atoms with Crippen molar-refractivity contribution in [2.45, 2.75) is 31.8 Å². The second-order valence-corrected chi connectivity index (χ2v) is 7.56. The summed E-state index contributed by atoms with van der Waals surface area (Å²) in [6, 6.07) is 7.55. The van der Waals surface area contributed by atoms with Gasteiger partial charge in [0.25, 0.3) is 5.91 Å². The standard InChI is InChI=1S/C24H32N2O6/c1-7-16-8-14-9-19(28-2)20(29-3)12-17(14)18(26-16)13-25-24(27)15-10-21(30-4)23(32-6)22(11-15)31-5/h9-12,16,18,26H,7-8,13H2,1-6H3,(H,25,27). The average Bonchev–Trinajstić information content (AvgIpc) is 2.84. The van der Waals surface area contributed by atoms with E-state index in [0.717, 1.165) is 18.4 Å². The third-order valence-electron chi connectivity index (χ3n) is 5.81. The van der Waals surface area contributed by atoms with Crippen molar-refractivity contribution in [2.24, 2.45) is 0 Å². The van der Waals surface area contributed by atoms with E-state index in [1.54, 1.807) is 26.4 Å². The molecule has 0 radical (unpaired) electrons. The lowest BCUT2D eigenvalue weighted by Gasteiger charge is -2.33. The van der Waals surface area contributed by atoms with E-state index in [0.29, 0.717) is 46.9 Å². The summed E-state index contributed by atoms with van der Waals surface area (Å²) in [4.78, 5) is 13.0. The number of fused-ring (bicyclic) bond motifs is 1. The molecule has 2 aromatic carbocycles. The minimum atomic E-state index is -0.230. The highest BCUT2D eigenvalue weighted by atomic mass is 16.5. The van der Waals surface area contributed by atoms with Crippen molar-refractivity contribution < 1.29 is 28.5 Å². The second-order valence-electron chi connectivity index (χ2n) is 7.56. The summed E-state index contributed by atoms with van der Waals surface area (Å²) in [6.45, 7) is 2.56. The Labute approximate surface area is 189 Å². The molecule has 0 aromatic heterocycles. The van der Waals surface area contributed by atoms with Gasteiger partial charge in [-0.05, 0) is 48.2 Å². The molecule has 1 heterocycles. The largest absolute Gasteiger partial charge is 0.493 e. The van der Waals surface area contributed by atoms with Crippen LogP contribution in [0.4, 0.5) is 0 Å². The van der Waals surface area contributed by atoms with Gasteiger partial charge in [-0.25, -0.2) is 0 Å². The van der Waals surface area contributed by atoms with E-state index in [-0.39, 0.29) is 11.9 Å². The van der Waals surface area contributed by atoms with E-state index in [9.17, 15) is 4.79 Å². The quantitative estimate of drug-likeness (QED) is 0.614. The Morgan fingerprint density at radius 1 is 0.906 bits per heavy atom. The summed E-state index contributed by atoms with van der Waals surface area (Å²) in [5.74, 6) is 2.46. The number of hydrogen-bond donors (Lipinski definition) is 2. The van der Waals surface area contributed by atoms with Crippen LogP contribution in [0.1, 0.15) is 40.9 Å². The Morgan fingerprint density at radius 2 is 1.50 bits per heavy atom. The van der Waals surface area contributed by atoms with Gasteiger partial charge < -0.3 is 34.3 Å². The maximum absolute atomic E-state index is 13.0. The fourth-order valence-electron chi connectivity index (χ4n) is 4.08. The summed E-state index contributed by atoms with van der Waals surface area (Å²) in [5, 5.41) is 6.67. The van der Waals surface area contributed by atoms with E-state index in [1.165, 1.54) is 26.9 Å². The molecule has 8 heteroatoms. The number of hydrogen-bond acceptors (Lipinski definition) is 7. The van der Waals surface area contributed by atoms with Crippen LogP contribution in [-0.2, 0) is 6.42 Å². The third kappa shape index (κ3) is 4.70. The van der Waals surface area contributed by atoms with E-state index in [4.69, 9.17) is 23.7 Å². The molecule has 2 unspecified atom stereocenters. The minimum absolute atomic E-state index is 0.0607. The van der Waals surface area contributed by atoms with Crippen LogP contribution in [0.2, 0.25) is 0 Å². The van der Waals surface area contributed by atoms with E-state index < -0.39 is 0 Å². The molecule has 0 saturated carbocycles. The smallest absolute Gasteiger partial charge is 0.251 e. The van der Waals surface area contributed by atoms with E-state index in [2.05, 4.69) is 17.6 Å². The Hall–Kier alpha value is -3.13. The van der Waals surface area contributed by atoms with E-state index in [1.807, 2.05) is 12.1 Å². The molecule has 0 bridgehead atoms. The maximum Gasteiger partial charge on any atom is 0.251 e. The first-order valence-electron chi connectivity index (χ1n) is 10.6. The minimum Gasteiger partial charge on any atom is -0.493 e. The van der Waals surface area contributed by atoms with Gasteiger partial charge in [0.15, 0.2) is 23.0 Å². The highest BCUT2D eigenvalue weighted by Gasteiger charge is 2.28. The molecule has 32 heavy (non-hydrogen) atoms. The third-order valence-corrected chi connectivity index (χ3v) is 5.81. The molecule has 1 aliphatic heterocycles. The van der Waals surface area contributed by atoms with Gasteiger partial charge in [-0.15, -0.1) is 0 Å². The molecule has 1 amide bonds. The zero-order valence-electron chi connectivity index (χ0n) is 19.5. The Balaban J connectivity index is 1.84. The first kappa shape index (κ1) is 23.5. The fourth-order valence-corrected chi connectivity index (χ4v) is 4.08.